The van der Waals surface area contributed by atoms with Gasteiger partial charge in [-0.05, 0) is 55.0 Å². The van der Waals surface area contributed by atoms with E-state index in [1.165, 1.54) is 37.4 Å². The van der Waals surface area contributed by atoms with Gasteiger partial charge in [0.1, 0.15) is 18.0 Å². The number of hydrogen-bond acceptors (Lipinski definition) is 8. The van der Waals surface area contributed by atoms with Crippen LogP contribution in [0.25, 0.3) is 0 Å². The standard InChI is InChI=1S/C23H23ClN4O8S2/c1-15-19(24)5-4-6-20(15)26-38(34,35)18-10-7-16(8-11-18)25-23(29)14-27(37(3,32)33)21-13-17(28(30)31)9-12-22(21)36-2/h4-13,26H,14H2,1-3H3,(H,25,29). The number of nitro benzene ring substituents is 1. The lowest BCUT2D eigenvalue weighted by Crippen LogP contribution is -2.37. The van der Waals surface area contributed by atoms with Crippen molar-refractivity contribution in [3.63, 3.8) is 0 Å². The van der Waals surface area contributed by atoms with Crippen LogP contribution in [-0.2, 0) is 24.8 Å². The molecule has 15 heteroatoms. The number of sulfonamides is 2. The zero-order chi connectivity index (χ0) is 28.3. The molecule has 0 atom stereocenters. The number of methoxy groups -OCH3 is 1. The van der Waals surface area contributed by atoms with E-state index in [4.69, 9.17) is 16.3 Å². The van der Waals surface area contributed by atoms with Crippen LogP contribution in [0.4, 0.5) is 22.7 Å². The Labute approximate surface area is 224 Å². The average Bonchev–Trinajstić information content (AvgIpc) is 2.84. The van der Waals surface area contributed by atoms with E-state index in [1.807, 2.05) is 0 Å². The third kappa shape index (κ3) is 6.70. The summed E-state index contributed by atoms with van der Waals surface area (Å²) in [6.45, 7) is 0.938. The highest BCUT2D eigenvalue weighted by Gasteiger charge is 2.26. The van der Waals surface area contributed by atoms with Crippen LogP contribution in [0.15, 0.2) is 65.6 Å². The summed E-state index contributed by atoms with van der Waals surface area (Å²) in [5.41, 5.74) is 0.466. The molecule has 0 radical (unpaired) electrons. The van der Waals surface area contributed by atoms with Gasteiger partial charge in [-0.2, -0.15) is 0 Å². The molecule has 0 aromatic heterocycles. The van der Waals surface area contributed by atoms with Gasteiger partial charge in [0.2, 0.25) is 15.9 Å². The average molecular weight is 583 g/mol. The first kappa shape index (κ1) is 28.7. The van der Waals surface area contributed by atoms with E-state index in [0.29, 0.717) is 20.6 Å². The van der Waals surface area contributed by atoms with Crippen molar-refractivity contribution in [2.45, 2.75) is 11.8 Å². The SMILES string of the molecule is COc1ccc([N+](=O)[O-])cc1N(CC(=O)Nc1ccc(S(=O)(=O)Nc2cccc(Cl)c2C)cc1)S(C)(=O)=O. The second-order valence-corrected chi connectivity index (χ2v) is 12.0. The molecule has 0 saturated carbocycles. The Kier molecular flexibility index (Phi) is 8.49. The van der Waals surface area contributed by atoms with Gasteiger partial charge in [-0.3, -0.25) is 23.9 Å². The predicted molar refractivity (Wildman–Crippen MR) is 144 cm³/mol. The van der Waals surface area contributed by atoms with Gasteiger partial charge in [0.05, 0.1) is 28.9 Å². The summed E-state index contributed by atoms with van der Waals surface area (Å²) >= 11 is 6.05. The van der Waals surface area contributed by atoms with Gasteiger partial charge >= 0.3 is 0 Å². The smallest absolute Gasteiger partial charge is 0.271 e. The number of nitro groups is 1. The second-order valence-electron chi connectivity index (χ2n) is 7.97. The predicted octanol–water partition coefficient (Wildman–Crippen LogP) is 3.77. The summed E-state index contributed by atoms with van der Waals surface area (Å²) in [4.78, 5) is 23.1. The number of nitrogens with zero attached hydrogens (tertiary/aromatic N) is 2. The summed E-state index contributed by atoms with van der Waals surface area (Å²) < 4.78 is 58.7. The molecule has 0 aliphatic rings. The molecule has 0 aliphatic carbocycles. The van der Waals surface area contributed by atoms with Crippen LogP contribution in [0.5, 0.6) is 5.75 Å². The van der Waals surface area contributed by atoms with Crippen LogP contribution in [-0.4, -0.2) is 47.6 Å². The quantitative estimate of drug-likeness (QED) is 0.269. The van der Waals surface area contributed by atoms with E-state index in [2.05, 4.69) is 10.0 Å². The molecule has 3 aromatic rings. The number of ether oxygens (including phenoxy) is 1. The lowest BCUT2D eigenvalue weighted by molar-refractivity contribution is -0.384. The van der Waals surface area contributed by atoms with E-state index < -0.39 is 43.1 Å². The number of non-ortho nitro benzene ring substituents is 1. The number of benzene rings is 3. The Hall–Kier alpha value is -3.88. The number of anilines is 3. The number of carbonyl (C=O) groups excluding carboxylic acids is 1. The fraction of sp³-hybridized carbons (Fsp3) is 0.174. The number of carbonyl (C=O) groups is 1. The van der Waals surface area contributed by atoms with Crippen LogP contribution < -0.4 is 19.1 Å². The monoisotopic (exact) mass is 582 g/mol. The number of amides is 1. The van der Waals surface area contributed by atoms with Gasteiger partial charge in [0, 0.05) is 22.8 Å². The first-order valence-electron chi connectivity index (χ1n) is 10.7. The molecule has 38 heavy (non-hydrogen) atoms. The molecule has 12 nitrogen and oxygen atoms in total. The molecule has 2 N–H and O–H groups in total. The third-order valence-corrected chi connectivity index (χ3v) is 8.21. The summed E-state index contributed by atoms with van der Waals surface area (Å²) in [5, 5.41) is 14.1. The van der Waals surface area contributed by atoms with E-state index in [-0.39, 0.29) is 22.0 Å². The van der Waals surface area contributed by atoms with Crippen molar-refractivity contribution in [3.05, 3.63) is 81.4 Å². The summed E-state index contributed by atoms with van der Waals surface area (Å²) in [6, 6.07) is 13.3. The first-order valence-corrected chi connectivity index (χ1v) is 14.4. The van der Waals surface area contributed by atoms with Crippen LogP contribution in [0.1, 0.15) is 5.56 Å². The molecule has 0 spiro atoms. The normalized spacial score (nSPS) is 11.5. The van der Waals surface area contributed by atoms with Crippen molar-refractivity contribution >= 4 is 60.3 Å². The highest BCUT2D eigenvalue weighted by atomic mass is 35.5. The maximum absolute atomic E-state index is 12.8. The van der Waals surface area contributed by atoms with Crippen molar-refractivity contribution in [1.82, 2.24) is 0 Å². The molecular weight excluding hydrogens is 560 g/mol. The minimum atomic E-state index is -4.07. The van der Waals surface area contributed by atoms with Crippen LogP contribution >= 0.6 is 11.6 Å². The molecule has 0 aliphatic heterocycles. The van der Waals surface area contributed by atoms with Gasteiger partial charge in [-0.15, -0.1) is 0 Å². The van der Waals surface area contributed by atoms with Crippen molar-refractivity contribution in [3.8, 4) is 5.75 Å². The summed E-state index contributed by atoms with van der Waals surface area (Å²) in [6.07, 6.45) is 0.840. The summed E-state index contributed by atoms with van der Waals surface area (Å²) in [5.74, 6) is -0.780. The molecule has 0 heterocycles. The van der Waals surface area contributed by atoms with Gasteiger partial charge in [-0.1, -0.05) is 17.7 Å². The van der Waals surface area contributed by atoms with Gasteiger partial charge in [-0.25, -0.2) is 16.8 Å². The van der Waals surface area contributed by atoms with E-state index in [1.54, 1.807) is 25.1 Å². The second kappa shape index (κ2) is 11.2. The lowest BCUT2D eigenvalue weighted by atomic mass is 10.2. The molecule has 0 bridgehead atoms. The minimum absolute atomic E-state index is 0.00539. The Morgan fingerprint density at radius 3 is 2.32 bits per heavy atom. The van der Waals surface area contributed by atoms with E-state index in [9.17, 15) is 31.7 Å². The van der Waals surface area contributed by atoms with Gasteiger partial charge in [0.15, 0.2) is 0 Å². The van der Waals surface area contributed by atoms with Crippen molar-refractivity contribution in [2.75, 3.05) is 34.3 Å². The highest BCUT2D eigenvalue weighted by molar-refractivity contribution is 7.92. The Bertz CT molecular complexity index is 1590. The summed E-state index contributed by atoms with van der Waals surface area (Å²) in [7, 11) is -6.79. The lowest BCUT2D eigenvalue weighted by Gasteiger charge is -2.23. The molecular formula is C23H23ClN4O8S2. The zero-order valence-corrected chi connectivity index (χ0v) is 22.7. The fourth-order valence-corrected chi connectivity index (χ4v) is 5.49. The fourth-order valence-electron chi connectivity index (χ4n) is 3.34. The number of rotatable bonds is 10. The van der Waals surface area contributed by atoms with Crippen LogP contribution in [0.3, 0.4) is 0 Å². The number of hydrogen-bond donors (Lipinski definition) is 2. The topological polar surface area (TPSA) is 165 Å². The molecule has 0 saturated heterocycles. The Balaban J connectivity index is 1.80. The zero-order valence-electron chi connectivity index (χ0n) is 20.3. The molecule has 3 rings (SSSR count). The Morgan fingerprint density at radius 1 is 1.08 bits per heavy atom. The van der Waals surface area contributed by atoms with Crippen molar-refractivity contribution < 1.29 is 31.3 Å². The third-order valence-electron chi connectivity index (χ3n) is 5.29. The molecule has 0 fully saturated rings. The maximum Gasteiger partial charge on any atom is 0.271 e. The number of halogens is 1. The molecule has 1 amide bonds. The molecule has 3 aromatic carbocycles. The van der Waals surface area contributed by atoms with Crippen LogP contribution in [0, 0.1) is 17.0 Å². The largest absolute Gasteiger partial charge is 0.495 e. The van der Waals surface area contributed by atoms with E-state index in [0.717, 1.165) is 18.4 Å². The highest BCUT2D eigenvalue weighted by Crippen LogP contribution is 2.33. The molecule has 0 unspecified atom stereocenters. The van der Waals surface area contributed by atoms with Crippen molar-refractivity contribution in [1.29, 1.82) is 0 Å². The number of nitrogens with one attached hydrogen (secondary N) is 2. The molecule has 202 valence electrons. The maximum atomic E-state index is 12.8. The van der Waals surface area contributed by atoms with E-state index >= 15 is 0 Å². The first-order chi connectivity index (χ1) is 17.7. The van der Waals surface area contributed by atoms with Crippen LogP contribution in [0.2, 0.25) is 5.02 Å². The van der Waals surface area contributed by atoms with Gasteiger partial charge < -0.3 is 10.1 Å². The minimum Gasteiger partial charge on any atom is -0.495 e. The van der Waals surface area contributed by atoms with Gasteiger partial charge in [0.25, 0.3) is 15.7 Å². The Morgan fingerprint density at radius 2 is 1.74 bits per heavy atom. The van der Waals surface area contributed by atoms with Crippen molar-refractivity contribution in [2.24, 2.45) is 0 Å².